The molecule has 1 rings (SSSR count). The lowest BCUT2D eigenvalue weighted by Crippen LogP contribution is -2.10. The molecule has 0 saturated heterocycles. The van der Waals surface area contributed by atoms with E-state index in [4.69, 9.17) is 5.11 Å². The topological polar surface area (TPSA) is 46.5 Å². The Morgan fingerprint density at radius 2 is 2.50 bits per heavy atom. The van der Waals surface area contributed by atoms with E-state index in [2.05, 4.69) is 4.74 Å². The predicted molar refractivity (Wildman–Crippen MR) is 35.0 cm³/mol. The molecule has 1 aliphatic rings. The molecule has 1 unspecified atom stereocenters. The van der Waals surface area contributed by atoms with Crippen molar-refractivity contribution in [1.82, 2.24) is 0 Å². The molecule has 0 fully saturated rings. The monoisotopic (exact) mass is 140 g/mol. The van der Waals surface area contributed by atoms with Gasteiger partial charge in [0, 0.05) is 0 Å². The molecular weight excluding hydrogens is 132 g/mol. The Morgan fingerprint density at radius 3 is 2.90 bits per heavy atom. The van der Waals surface area contributed by atoms with Crippen molar-refractivity contribution in [2.24, 2.45) is 0 Å². The summed E-state index contributed by atoms with van der Waals surface area (Å²) in [4.78, 5) is 10.6. The molecule has 0 aromatic carbocycles. The van der Waals surface area contributed by atoms with Crippen LogP contribution in [0.15, 0.2) is 24.0 Å². The Morgan fingerprint density at radius 1 is 1.80 bits per heavy atom. The SMILES string of the molecule is CC(=O)C1=COC(O)C=C1. The van der Waals surface area contributed by atoms with E-state index >= 15 is 0 Å². The first-order valence-electron chi connectivity index (χ1n) is 2.93. The lowest BCUT2D eigenvalue weighted by Gasteiger charge is -2.10. The van der Waals surface area contributed by atoms with Crippen LogP contribution in [-0.2, 0) is 9.53 Å². The summed E-state index contributed by atoms with van der Waals surface area (Å²) in [6, 6.07) is 0. The van der Waals surface area contributed by atoms with Gasteiger partial charge in [0.2, 0.25) is 6.29 Å². The maximum Gasteiger partial charge on any atom is 0.216 e. The van der Waals surface area contributed by atoms with Crippen LogP contribution in [0.25, 0.3) is 0 Å². The summed E-state index contributed by atoms with van der Waals surface area (Å²) in [5.41, 5.74) is 0.477. The number of aliphatic hydroxyl groups is 1. The van der Waals surface area contributed by atoms with Crippen molar-refractivity contribution in [3.63, 3.8) is 0 Å². The van der Waals surface area contributed by atoms with E-state index in [9.17, 15) is 4.79 Å². The summed E-state index contributed by atoms with van der Waals surface area (Å²) >= 11 is 0. The van der Waals surface area contributed by atoms with Gasteiger partial charge in [-0.05, 0) is 19.1 Å². The lowest BCUT2D eigenvalue weighted by molar-refractivity contribution is -0.113. The van der Waals surface area contributed by atoms with Gasteiger partial charge < -0.3 is 9.84 Å². The average molecular weight is 140 g/mol. The zero-order valence-electron chi connectivity index (χ0n) is 5.57. The van der Waals surface area contributed by atoms with Gasteiger partial charge in [0.05, 0.1) is 11.8 Å². The van der Waals surface area contributed by atoms with E-state index in [1.807, 2.05) is 0 Å². The number of ether oxygens (including phenoxy) is 1. The van der Waals surface area contributed by atoms with Crippen LogP contribution in [0.3, 0.4) is 0 Å². The molecule has 1 N–H and O–H groups in total. The zero-order valence-corrected chi connectivity index (χ0v) is 5.57. The van der Waals surface area contributed by atoms with Gasteiger partial charge in [-0.2, -0.15) is 0 Å². The minimum absolute atomic E-state index is 0.0665. The van der Waals surface area contributed by atoms with E-state index in [0.717, 1.165) is 0 Å². The number of carbonyl (C=O) groups excluding carboxylic acids is 1. The Kier molecular flexibility index (Phi) is 1.87. The van der Waals surface area contributed by atoms with Crippen LogP contribution in [0, 0.1) is 0 Å². The highest BCUT2D eigenvalue weighted by atomic mass is 16.6. The zero-order chi connectivity index (χ0) is 7.56. The Hall–Kier alpha value is -1.09. The van der Waals surface area contributed by atoms with Crippen LogP contribution in [0.1, 0.15) is 6.92 Å². The number of ketones is 1. The third-order valence-corrected chi connectivity index (χ3v) is 1.18. The van der Waals surface area contributed by atoms with Gasteiger partial charge in [-0.3, -0.25) is 4.79 Å². The highest BCUT2D eigenvalue weighted by Crippen LogP contribution is 2.07. The summed E-state index contributed by atoms with van der Waals surface area (Å²) in [6.45, 7) is 1.44. The smallest absolute Gasteiger partial charge is 0.216 e. The maximum absolute atomic E-state index is 10.6. The van der Waals surface area contributed by atoms with E-state index in [1.165, 1.54) is 25.3 Å². The summed E-state index contributed by atoms with van der Waals surface area (Å²) in [7, 11) is 0. The molecule has 1 atom stereocenters. The molecule has 1 heterocycles. The van der Waals surface area contributed by atoms with Crippen LogP contribution < -0.4 is 0 Å². The van der Waals surface area contributed by atoms with Crippen LogP contribution in [0.5, 0.6) is 0 Å². The minimum atomic E-state index is -0.900. The van der Waals surface area contributed by atoms with Crippen molar-refractivity contribution in [3.05, 3.63) is 24.0 Å². The molecule has 0 amide bonds. The molecule has 0 saturated carbocycles. The van der Waals surface area contributed by atoms with Crippen molar-refractivity contribution in [2.45, 2.75) is 13.2 Å². The normalized spacial score (nSPS) is 23.4. The Labute approximate surface area is 58.6 Å². The van der Waals surface area contributed by atoms with Crippen LogP contribution in [0.2, 0.25) is 0 Å². The highest BCUT2D eigenvalue weighted by Gasteiger charge is 2.07. The number of carbonyl (C=O) groups is 1. The molecule has 0 aliphatic carbocycles. The third-order valence-electron chi connectivity index (χ3n) is 1.18. The molecule has 3 nitrogen and oxygen atoms in total. The number of hydrogen-bond acceptors (Lipinski definition) is 3. The molecule has 0 spiro atoms. The minimum Gasteiger partial charge on any atom is -0.468 e. The molecule has 0 radical (unpaired) electrons. The highest BCUT2D eigenvalue weighted by molar-refractivity contribution is 5.95. The van der Waals surface area contributed by atoms with Gasteiger partial charge in [0.1, 0.15) is 0 Å². The molecule has 10 heavy (non-hydrogen) atoms. The van der Waals surface area contributed by atoms with Crippen molar-refractivity contribution in [1.29, 1.82) is 0 Å². The molecule has 0 bridgehead atoms. The molecule has 0 aromatic rings. The number of rotatable bonds is 1. The van der Waals surface area contributed by atoms with Gasteiger partial charge in [-0.15, -0.1) is 0 Å². The fourth-order valence-electron chi connectivity index (χ4n) is 0.614. The summed E-state index contributed by atoms with van der Waals surface area (Å²) in [5, 5.41) is 8.74. The second kappa shape index (κ2) is 2.66. The van der Waals surface area contributed by atoms with Gasteiger partial charge in [0.15, 0.2) is 5.78 Å². The Bertz CT molecular complexity index is 203. The average Bonchev–Trinajstić information content (AvgIpc) is 1.88. The lowest BCUT2D eigenvalue weighted by atomic mass is 10.2. The second-order valence-corrected chi connectivity index (χ2v) is 2.02. The predicted octanol–water partition coefficient (Wildman–Crippen LogP) is 0.364. The standard InChI is InChI=1S/C7H8O3/c1-5(8)6-2-3-7(9)10-4-6/h2-4,7,9H,1H3. The summed E-state index contributed by atoms with van der Waals surface area (Å²) < 4.78 is 4.64. The number of aliphatic hydroxyl groups excluding tert-OH is 1. The van der Waals surface area contributed by atoms with E-state index in [1.54, 1.807) is 0 Å². The van der Waals surface area contributed by atoms with Crippen molar-refractivity contribution < 1.29 is 14.6 Å². The van der Waals surface area contributed by atoms with Crippen molar-refractivity contribution >= 4 is 5.78 Å². The maximum atomic E-state index is 10.6. The largest absolute Gasteiger partial charge is 0.468 e. The quantitative estimate of drug-likeness (QED) is 0.572. The number of Topliss-reactive ketones (excluding diaryl/α,β-unsaturated/α-hetero) is 1. The summed E-state index contributed by atoms with van der Waals surface area (Å²) in [6.07, 6.45) is 3.31. The van der Waals surface area contributed by atoms with E-state index < -0.39 is 6.29 Å². The van der Waals surface area contributed by atoms with Gasteiger partial charge in [-0.25, -0.2) is 0 Å². The number of hydrogen-bond donors (Lipinski definition) is 1. The van der Waals surface area contributed by atoms with Gasteiger partial charge >= 0.3 is 0 Å². The third kappa shape index (κ3) is 1.45. The van der Waals surface area contributed by atoms with Crippen LogP contribution >= 0.6 is 0 Å². The molecule has 1 aliphatic heterocycles. The van der Waals surface area contributed by atoms with Crippen LogP contribution in [-0.4, -0.2) is 17.2 Å². The van der Waals surface area contributed by atoms with Crippen molar-refractivity contribution in [2.75, 3.05) is 0 Å². The fraction of sp³-hybridized carbons (Fsp3) is 0.286. The number of allylic oxidation sites excluding steroid dienone is 2. The van der Waals surface area contributed by atoms with Crippen molar-refractivity contribution in [3.8, 4) is 0 Å². The van der Waals surface area contributed by atoms with E-state index in [-0.39, 0.29) is 5.78 Å². The first kappa shape index (κ1) is 7.02. The molecule has 54 valence electrons. The first-order chi connectivity index (χ1) is 4.70. The molecule has 0 aromatic heterocycles. The molecule has 3 heteroatoms. The van der Waals surface area contributed by atoms with E-state index in [0.29, 0.717) is 5.57 Å². The first-order valence-corrected chi connectivity index (χ1v) is 2.93. The van der Waals surface area contributed by atoms with Crippen LogP contribution in [0.4, 0.5) is 0 Å². The van der Waals surface area contributed by atoms with Gasteiger partial charge in [-0.1, -0.05) is 0 Å². The second-order valence-electron chi connectivity index (χ2n) is 2.02. The summed E-state index contributed by atoms with van der Waals surface area (Å²) in [5.74, 6) is -0.0665. The van der Waals surface area contributed by atoms with Gasteiger partial charge in [0.25, 0.3) is 0 Å². The Balaban J connectivity index is 2.67. The molecular formula is C7H8O3. The fourth-order valence-corrected chi connectivity index (χ4v) is 0.614.